The first-order valence-corrected chi connectivity index (χ1v) is 43.6. The molecule has 33 atom stereocenters. The third-order valence-corrected chi connectivity index (χ3v) is 23.1. The maximum absolute atomic E-state index is 13.7. The van der Waals surface area contributed by atoms with E-state index in [1.807, 2.05) is 6.08 Å². The third kappa shape index (κ3) is 31.7. The van der Waals surface area contributed by atoms with Crippen LogP contribution < -0.4 is 21.3 Å². The molecule has 121 heavy (non-hydrogen) atoms. The number of hydrogen-bond acceptors (Lipinski definition) is 35. The van der Waals surface area contributed by atoms with Gasteiger partial charge in [0, 0.05) is 33.6 Å². The van der Waals surface area contributed by atoms with Crippen molar-refractivity contribution in [2.24, 2.45) is 0 Å². The molecule has 0 aromatic heterocycles. The molecule has 0 saturated carbocycles. The van der Waals surface area contributed by atoms with Crippen molar-refractivity contribution in [1.29, 1.82) is 0 Å². The molecule has 6 fully saturated rings. The molecule has 40 nitrogen and oxygen atoms in total. The Labute approximate surface area is 707 Å². The zero-order valence-electron chi connectivity index (χ0n) is 70.5. The minimum Gasteiger partial charge on any atom is -0.477 e. The van der Waals surface area contributed by atoms with E-state index in [0.717, 1.165) is 78.6 Å². The van der Waals surface area contributed by atoms with Crippen molar-refractivity contribution in [3.63, 3.8) is 0 Å². The van der Waals surface area contributed by atoms with Gasteiger partial charge in [-0.15, -0.1) is 0 Å². The molecule has 23 N–H and O–H groups in total. The summed E-state index contributed by atoms with van der Waals surface area (Å²) in [5, 5.41) is 224. The SMILES string of the molecule is CCCCCCCCCCCCC/C=C/[C@@H](O)[C@H](CO[C@@H]1OC(CO)[C@@H](O[C@@H]2OC(CO)[C@H](O[C@@H]3OC(CO)[C@H](O)[C@H](O)C3NC(C)=O)[C@H](O[C@@H]3OC(CO)[C@@H](O[C@@H]4OC(CO)[C@H](O)[C@H](O[C@]5(C(=O)O)CC(O)[C@@H](NC(C)=O)C([C@H](O)[C@H](O)CO)O5)C4O)[C@H](O)C3NC(C)=O)C2O)[C@H](O)C1O)NC(=O)CCCCCCCCCCCCCCCCC. The van der Waals surface area contributed by atoms with Crippen molar-refractivity contribution in [2.75, 3.05) is 46.2 Å². The molecular formula is C81H144N4O36. The second-order valence-electron chi connectivity index (χ2n) is 32.8. The van der Waals surface area contributed by atoms with Crippen LogP contribution in [0.1, 0.15) is 221 Å². The standard InChI is InChI=1S/C81H144N4O36/c1-6-8-10-12-14-16-18-20-21-23-25-27-29-31-33-35-56(98)85-47(48(95)34-32-30-28-26-24-22-19-17-15-13-11-9-7-2)43-110-77-66(105)65(104)70(54(41-90)114-77)117-79-68(107)74(71(55(42-91)115-79)118-75-58(83-45(4)93)63(102)61(100)51(38-87)111-75)119-76-59(84-46(5)94)64(103)69(53(40-89)113-76)116-78-67(106)73(62(101)52(39-88)112-78)121-81(80(108)109)36-49(96)57(82-44(3)92)72(120-81)60(99)50(97)37-86/h32,34,47-55,57-79,86-91,95-97,99-107H,6-31,33,35-43H2,1-5H3,(H,82,92)(H,83,93)(H,84,94)(H,85,98)(H,108,109)/b34-32+/t47-,48+,49?,50+,51?,52?,53?,54?,55?,57+,58?,59?,60+,61-,62-,63+,64+,65+,66?,67?,68?,69+,70+,71-,72?,73-,74+,75-,76-,77+,78-,79-,81-/m0/s1. The molecule has 40 heteroatoms. The average molecular weight is 1750 g/mol. The van der Waals surface area contributed by atoms with Gasteiger partial charge in [-0.1, -0.05) is 180 Å². The largest absolute Gasteiger partial charge is 0.477 e. The van der Waals surface area contributed by atoms with Crippen LogP contribution >= 0.6 is 0 Å². The van der Waals surface area contributed by atoms with E-state index in [9.17, 15) is 121 Å². The van der Waals surface area contributed by atoms with Crippen LogP contribution in [0.2, 0.25) is 0 Å². The number of hydrogen-bond donors (Lipinski definition) is 23. The summed E-state index contributed by atoms with van der Waals surface area (Å²) in [5.74, 6) is -8.40. The van der Waals surface area contributed by atoms with Crippen LogP contribution in [0.15, 0.2) is 12.2 Å². The van der Waals surface area contributed by atoms with Crippen LogP contribution in [-0.2, 0) is 80.8 Å². The smallest absolute Gasteiger partial charge is 0.364 e. The van der Waals surface area contributed by atoms with E-state index in [0.29, 0.717) is 12.8 Å². The van der Waals surface area contributed by atoms with Crippen molar-refractivity contribution in [3.8, 4) is 0 Å². The molecule has 0 aliphatic carbocycles. The van der Waals surface area contributed by atoms with E-state index < -0.39 is 278 Å². The summed E-state index contributed by atoms with van der Waals surface area (Å²) in [6, 6.07) is -6.62. The first-order valence-electron chi connectivity index (χ1n) is 43.6. The van der Waals surface area contributed by atoms with Gasteiger partial charge in [-0.05, 0) is 19.3 Å². The van der Waals surface area contributed by atoms with Crippen LogP contribution in [0, 0.1) is 0 Å². The van der Waals surface area contributed by atoms with Gasteiger partial charge >= 0.3 is 5.97 Å². The lowest BCUT2D eigenvalue weighted by Gasteiger charge is -2.52. The fraction of sp³-hybridized carbons (Fsp3) is 0.914. The maximum Gasteiger partial charge on any atom is 0.364 e. The highest BCUT2D eigenvalue weighted by Crippen LogP contribution is 2.41. The lowest BCUT2D eigenvalue weighted by atomic mass is 9.88. The summed E-state index contributed by atoms with van der Waals surface area (Å²) >= 11 is 0. The van der Waals surface area contributed by atoms with Gasteiger partial charge in [-0.25, -0.2) is 4.79 Å². The quantitative estimate of drug-likeness (QED) is 0.0212. The minimum atomic E-state index is -3.26. The van der Waals surface area contributed by atoms with Gasteiger partial charge < -0.3 is 175 Å². The van der Waals surface area contributed by atoms with Gasteiger partial charge in [0.15, 0.2) is 31.5 Å². The number of carbonyl (C=O) groups is 5. The van der Waals surface area contributed by atoms with E-state index in [1.54, 1.807) is 6.08 Å². The fourth-order valence-corrected chi connectivity index (χ4v) is 16.2. The molecule has 6 rings (SSSR count). The molecule has 6 saturated heterocycles. The molecule has 0 bridgehead atoms. The zero-order valence-corrected chi connectivity index (χ0v) is 70.5. The number of carboxylic acids is 1. The molecule has 12 unspecified atom stereocenters. The molecule has 704 valence electrons. The number of aliphatic hydroxyl groups excluding tert-OH is 18. The van der Waals surface area contributed by atoms with Gasteiger partial charge in [0.1, 0.15) is 140 Å². The van der Waals surface area contributed by atoms with Gasteiger partial charge in [-0.3, -0.25) is 19.2 Å². The molecular weight excluding hydrogens is 1600 g/mol. The number of unbranched alkanes of at least 4 members (excludes halogenated alkanes) is 25. The van der Waals surface area contributed by atoms with Crippen LogP contribution in [0.4, 0.5) is 0 Å². The van der Waals surface area contributed by atoms with Gasteiger partial charge in [0.2, 0.25) is 23.6 Å². The van der Waals surface area contributed by atoms with Gasteiger partial charge in [0.05, 0.1) is 70.5 Å². The van der Waals surface area contributed by atoms with Crippen molar-refractivity contribution in [2.45, 2.75) is 423 Å². The highest BCUT2D eigenvalue weighted by atomic mass is 16.8. The predicted molar refractivity (Wildman–Crippen MR) is 423 cm³/mol. The van der Waals surface area contributed by atoms with Crippen molar-refractivity contribution in [1.82, 2.24) is 21.3 Å². The van der Waals surface area contributed by atoms with Crippen LogP contribution in [0.5, 0.6) is 0 Å². The van der Waals surface area contributed by atoms with E-state index >= 15 is 0 Å². The zero-order chi connectivity index (χ0) is 89.0. The van der Waals surface area contributed by atoms with E-state index in [4.69, 9.17) is 56.8 Å². The van der Waals surface area contributed by atoms with E-state index in [2.05, 4.69) is 35.1 Å². The Kier molecular flexibility index (Phi) is 48.0. The minimum absolute atomic E-state index is 0.131. The number of aliphatic carboxylic acids is 1. The van der Waals surface area contributed by atoms with Crippen molar-refractivity contribution >= 4 is 29.6 Å². The second kappa shape index (κ2) is 54.9. The topological polar surface area (TPSA) is 629 Å². The number of aliphatic hydroxyl groups is 18. The van der Waals surface area contributed by atoms with Crippen molar-refractivity contribution in [3.05, 3.63) is 12.2 Å². The summed E-state index contributed by atoms with van der Waals surface area (Å²) in [6.07, 6.45) is -25.5. The summed E-state index contributed by atoms with van der Waals surface area (Å²) in [6.45, 7) is 0.0930. The Morgan fingerprint density at radius 3 is 1.31 bits per heavy atom. The summed E-state index contributed by atoms with van der Waals surface area (Å²) in [7, 11) is 0. The van der Waals surface area contributed by atoms with Crippen molar-refractivity contribution < 1.29 is 178 Å². The summed E-state index contributed by atoms with van der Waals surface area (Å²) in [4.78, 5) is 65.2. The first-order chi connectivity index (χ1) is 57.9. The van der Waals surface area contributed by atoms with Gasteiger partial charge in [-0.2, -0.15) is 0 Å². The average Bonchev–Trinajstić information content (AvgIpc) is 0.756. The van der Waals surface area contributed by atoms with E-state index in [-0.39, 0.29) is 12.3 Å². The number of rotatable bonds is 56. The van der Waals surface area contributed by atoms with Crippen LogP contribution in [0.3, 0.4) is 0 Å². The number of allylic oxidation sites excluding steroid dienone is 1. The number of carbonyl (C=O) groups excluding carboxylic acids is 4. The Morgan fingerprint density at radius 1 is 0.430 bits per heavy atom. The van der Waals surface area contributed by atoms with Gasteiger partial charge in [0.25, 0.3) is 5.79 Å². The molecule has 6 aliphatic heterocycles. The lowest BCUT2D eigenvalue weighted by Crippen LogP contribution is -2.72. The monoisotopic (exact) mass is 1750 g/mol. The molecule has 0 radical (unpaired) electrons. The Morgan fingerprint density at radius 2 is 0.826 bits per heavy atom. The molecule has 6 aliphatic rings. The van der Waals surface area contributed by atoms with Crippen LogP contribution in [0.25, 0.3) is 0 Å². The van der Waals surface area contributed by atoms with E-state index in [1.165, 1.54) is 103 Å². The highest BCUT2D eigenvalue weighted by Gasteiger charge is 2.62. The van der Waals surface area contributed by atoms with Crippen LogP contribution in [-0.4, -0.2) is 375 Å². The Balaban J connectivity index is 1.23. The third-order valence-electron chi connectivity index (χ3n) is 23.1. The Bertz CT molecular complexity index is 2960. The second-order valence-corrected chi connectivity index (χ2v) is 32.8. The number of nitrogens with one attached hydrogen (secondary N) is 4. The predicted octanol–water partition coefficient (Wildman–Crippen LogP) is -3.07. The number of ether oxygens (including phenoxy) is 12. The molecule has 6 heterocycles. The highest BCUT2D eigenvalue weighted by molar-refractivity contribution is 5.77. The molecule has 0 spiro atoms. The normalized spacial score (nSPS) is 35.8. The lowest BCUT2D eigenvalue weighted by molar-refractivity contribution is -0.398. The number of amides is 4. The molecule has 0 aromatic rings. The molecule has 0 aromatic carbocycles. The first kappa shape index (κ1) is 106. The fourth-order valence-electron chi connectivity index (χ4n) is 16.2. The summed E-state index contributed by atoms with van der Waals surface area (Å²) in [5.41, 5.74) is 0. The summed E-state index contributed by atoms with van der Waals surface area (Å²) < 4.78 is 72.5. The number of carboxylic acid groups (broad SMARTS) is 1. The maximum atomic E-state index is 13.7. The molecule has 4 amide bonds. The Hall–Kier alpha value is -4.11.